The minimum absolute atomic E-state index is 0.0517. The molecule has 1 aliphatic rings. The SMILES string of the molecule is Cc1nnsc1C(=O)N(C)[C@@H]1CCN(Cc2ccccc2)C[C@@H]1C. The fourth-order valence-electron chi connectivity index (χ4n) is 3.52. The summed E-state index contributed by atoms with van der Waals surface area (Å²) in [5, 5.41) is 3.96. The number of hydrogen-bond donors (Lipinski definition) is 0. The van der Waals surface area contributed by atoms with Crippen molar-refractivity contribution in [3.63, 3.8) is 0 Å². The minimum Gasteiger partial charge on any atom is -0.338 e. The van der Waals surface area contributed by atoms with Gasteiger partial charge in [0.05, 0.1) is 5.69 Å². The van der Waals surface area contributed by atoms with Gasteiger partial charge in [-0.2, -0.15) is 0 Å². The summed E-state index contributed by atoms with van der Waals surface area (Å²) in [7, 11) is 1.91. The largest absolute Gasteiger partial charge is 0.338 e. The van der Waals surface area contributed by atoms with Crippen molar-refractivity contribution in [2.24, 2.45) is 5.92 Å². The Balaban J connectivity index is 1.61. The Morgan fingerprint density at radius 2 is 2.12 bits per heavy atom. The van der Waals surface area contributed by atoms with Crippen molar-refractivity contribution in [2.75, 3.05) is 20.1 Å². The van der Waals surface area contributed by atoms with Crippen LogP contribution in [0.4, 0.5) is 0 Å². The fraction of sp³-hybridized carbons (Fsp3) is 0.500. The van der Waals surface area contributed by atoms with Crippen LogP contribution < -0.4 is 0 Å². The highest BCUT2D eigenvalue weighted by molar-refractivity contribution is 7.07. The molecule has 1 aromatic heterocycles. The molecule has 0 unspecified atom stereocenters. The van der Waals surface area contributed by atoms with Crippen molar-refractivity contribution >= 4 is 17.4 Å². The van der Waals surface area contributed by atoms with Crippen LogP contribution in [0.5, 0.6) is 0 Å². The van der Waals surface area contributed by atoms with Crippen molar-refractivity contribution in [3.05, 3.63) is 46.5 Å². The first-order chi connectivity index (χ1) is 11.6. The van der Waals surface area contributed by atoms with Gasteiger partial charge in [-0.05, 0) is 36.4 Å². The van der Waals surface area contributed by atoms with Gasteiger partial charge in [-0.15, -0.1) is 5.10 Å². The van der Waals surface area contributed by atoms with Crippen molar-refractivity contribution < 1.29 is 4.79 Å². The number of aryl methyl sites for hydroxylation is 1. The molecular weight excluding hydrogens is 320 g/mol. The van der Waals surface area contributed by atoms with E-state index in [0.29, 0.717) is 10.8 Å². The van der Waals surface area contributed by atoms with E-state index in [1.807, 2.05) is 18.9 Å². The predicted octanol–water partition coefficient (Wildman–Crippen LogP) is 2.83. The molecule has 5 nitrogen and oxygen atoms in total. The van der Waals surface area contributed by atoms with E-state index in [4.69, 9.17) is 0 Å². The summed E-state index contributed by atoms with van der Waals surface area (Å²) in [6.07, 6.45) is 1.00. The Morgan fingerprint density at radius 3 is 2.75 bits per heavy atom. The molecule has 1 saturated heterocycles. The third-order valence-electron chi connectivity index (χ3n) is 4.86. The van der Waals surface area contributed by atoms with Gasteiger partial charge in [0.25, 0.3) is 5.91 Å². The van der Waals surface area contributed by atoms with Gasteiger partial charge >= 0.3 is 0 Å². The second-order valence-corrected chi connectivity index (χ2v) is 7.41. The summed E-state index contributed by atoms with van der Waals surface area (Å²) >= 11 is 1.19. The lowest BCUT2D eigenvalue weighted by Gasteiger charge is -2.41. The topological polar surface area (TPSA) is 49.3 Å². The average molecular weight is 344 g/mol. The molecule has 0 spiro atoms. The Kier molecular flexibility index (Phi) is 5.26. The Bertz CT molecular complexity index is 687. The molecule has 0 radical (unpaired) electrons. The number of carbonyl (C=O) groups excluding carboxylic acids is 1. The van der Waals surface area contributed by atoms with Gasteiger partial charge in [-0.3, -0.25) is 9.69 Å². The van der Waals surface area contributed by atoms with Crippen LogP contribution in [-0.4, -0.2) is 51.5 Å². The molecule has 3 rings (SSSR count). The van der Waals surface area contributed by atoms with Crippen LogP contribution in [0.25, 0.3) is 0 Å². The molecule has 1 amide bonds. The summed E-state index contributed by atoms with van der Waals surface area (Å²) in [6.45, 7) is 7.09. The van der Waals surface area contributed by atoms with E-state index in [9.17, 15) is 4.79 Å². The molecule has 0 bridgehead atoms. The lowest BCUT2D eigenvalue weighted by molar-refractivity contribution is 0.0501. The Hall–Kier alpha value is -1.79. The van der Waals surface area contributed by atoms with Gasteiger partial charge in [0.15, 0.2) is 0 Å². The molecule has 2 aromatic rings. The first kappa shape index (κ1) is 17.0. The van der Waals surface area contributed by atoms with Gasteiger partial charge in [-0.25, -0.2) is 0 Å². The quantitative estimate of drug-likeness (QED) is 0.856. The van der Waals surface area contributed by atoms with E-state index < -0.39 is 0 Å². The third-order valence-corrected chi connectivity index (χ3v) is 5.67. The molecule has 1 aromatic carbocycles. The van der Waals surface area contributed by atoms with E-state index in [-0.39, 0.29) is 11.9 Å². The molecule has 128 valence electrons. The fourth-order valence-corrected chi connectivity index (χ4v) is 4.16. The summed E-state index contributed by atoms with van der Waals surface area (Å²) < 4.78 is 3.88. The molecule has 1 fully saturated rings. The molecular formula is C18H24N4OS. The molecule has 24 heavy (non-hydrogen) atoms. The maximum Gasteiger partial charge on any atom is 0.267 e. The first-order valence-corrected chi connectivity index (χ1v) is 9.16. The number of hydrogen-bond acceptors (Lipinski definition) is 5. The highest BCUT2D eigenvalue weighted by atomic mass is 32.1. The zero-order valence-electron chi connectivity index (χ0n) is 14.5. The van der Waals surface area contributed by atoms with Gasteiger partial charge in [0.2, 0.25) is 0 Å². The average Bonchev–Trinajstić information content (AvgIpc) is 3.01. The number of nitrogens with zero attached hydrogens (tertiary/aromatic N) is 4. The molecule has 2 heterocycles. The zero-order valence-corrected chi connectivity index (χ0v) is 15.3. The smallest absolute Gasteiger partial charge is 0.267 e. The van der Waals surface area contributed by atoms with Crippen LogP contribution in [0, 0.1) is 12.8 Å². The van der Waals surface area contributed by atoms with Gasteiger partial charge in [0, 0.05) is 32.7 Å². The number of amides is 1. The number of aromatic nitrogens is 2. The Labute approximate surface area is 147 Å². The van der Waals surface area contributed by atoms with E-state index >= 15 is 0 Å². The summed E-state index contributed by atoms with van der Waals surface area (Å²) in [4.78, 5) is 17.7. The van der Waals surface area contributed by atoms with Gasteiger partial charge in [0.1, 0.15) is 4.88 Å². The number of piperidine rings is 1. The molecule has 0 saturated carbocycles. The second kappa shape index (κ2) is 7.40. The van der Waals surface area contributed by atoms with Crippen LogP contribution in [-0.2, 0) is 6.54 Å². The second-order valence-electron chi connectivity index (χ2n) is 6.66. The molecule has 0 aliphatic carbocycles. The van der Waals surface area contributed by atoms with E-state index in [1.54, 1.807) is 0 Å². The lowest BCUT2D eigenvalue weighted by atomic mass is 9.92. The number of benzene rings is 1. The number of rotatable bonds is 4. The normalized spacial score (nSPS) is 21.6. The zero-order chi connectivity index (χ0) is 17.1. The van der Waals surface area contributed by atoms with Crippen LogP contribution >= 0.6 is 11.5 Å². The maximum absolute atomic E-state index is 12.7. The van der Waals surface area contributed by atoms with Gasteiger partial charge in [-0.1, -0.05) is 41.7 Å². The van der Waals surface area contributed by atoms with Crippen molar-refractivity contribution in [2.45, 2.75) is 32.9 Å². The highest BCUT2D eigenvalue weighted by Gasteiger charge is 2.32. The van der Waals surface area contributed by atoms with Gasteiger partial charge < -0.3 is 4.90 Å². The number of carbonyl (C=O) groups is 1. The van der Waals surface area contributed by atoms with Crippen LogP contribution in [0.1, 0.15) is 34.3 Å². The third kappa shape index (κ3) is 3.65. The number of likely N-dealkylation sites (tertiary alicyclic amines) is 1. The molecule has 1 aliphatic heterocycles. The van der Waals surface area contributed by atoms with Crippen molar-refractivity contribution in [1.82, 2.24) is 19.4 Å². The molecule has 6 heteroatoms. The Morgan fingerprint density at radius 1 is 1.38 bits per heavy atom. The monoisotopic (exact) mass is 344 g/mol. The summed E-state index contributed by atoms with van der Waals surface area (Å²) in [6, 6.07) is 10.8. The van der Waals surface area contributed by atoms with E-state index in [0.717, 1.165) is 31.7 Å². The molecule has 2 atom stereocenters. The van der Waals surface area contributed by atoms with Crippen LogP contribution in [0.15, 0.2) is 30.3 Å². The van der Waals surface area contributed by atoms with E-state index in [2.05, 4.69) is 51.7 Å². The van der Waals surface area contributed by atoms with Crippen molar-refractivity contribution in [3.8, 4) is 0 Å². The van der Waals surface area contributed by atoms with Crippen molar-refractivity contribution in [1.29, 1.82) is 0 Å². The maximum atomic E-state index is 12.7. The van der Waals surface area contributed by atoms with E-state index in [1.165, 1.54) is 17.1 Å². The van der Waals surface area contributed by atoms with Crippen LogP contribution in [0.3, 0.4) is 0 Å². The highest BCUT2D eigenvalue weighted by Crippen LogP contribution is 2.25. The lowest BCUT2D eigenvalue weighted by Crippen LogP contribution is -2.50. The predicted molar refractivity (Wildman–Crippen MR) is 96.0 cm³/mol. The summed E-state index contributed by atoms with van der Waals surface area (Å²) in [5.41, 5.74) is 2.07. The minimum atomic E-state index is 0.0517. The first-order valence-electron chi connectivity index (χ1n) is 8.38. The summed E-state index contributed by atoms with van der Waals surface area (Å²) in [5.74, 6) is 0.494. The standard InChI is InChI=1S/C18H24N4OS/c1-13-11-22(12-15-7-5-4-6-8-15)10-9-16(13)21(3)18(23)17-14(2)19-20-24-17/h4-8,13,16H,9-12H2,1-3H3/t13-,16+/m0/s1. The molecule has 0 N–H and O–H groups in total. The van der Waals surface area contributed by atoms with Crippen LogP contribution in [0.2, 0.25) is 0 Å².